The monoisotopic (exact) mass is 246 g/mol. The smallest absolute Gasteiger partial charge is 0.227 e. The number of hydrogen-bond acceptors (Lipinski definition) is 2. The molecule has 0 saturated carbocycles. The Morgan fingerprint density at radius 3 is 2.79 bits per heavy atom. The molecule has 2 aromatic carbocycles. The van der Waals surface area contributed by atoms with Crippen LogP contribution in [0.15, 0.2) is 71.3 Å². The predicted molar refractivity (Wildman–Crippen MR) is 77.0 cm³/mol. The predicted octanol–water partition coefficient (Wildman–Crippen LogP) is 4.65. The third-order valence-electron chi connectivity index (χ3n) is 3.29. The van der Waals surface area contributed by atoms with Gasteiger partial charge in [0, 0.05) is 22.5 Å². The molecule has 2 heteroatoms. The van der Waals surface area contributed by atoms with Crippen LogP contribution in [0.2, 0.25) is 0 Å². The minimum absolute atomic E-state index is 0.494. The van der Waals surface area contributed by atoms with E-state index in [0.717, 1.165) is 27.5 Å². The Hall–Kier alpha value is -2.61. The minimum atomic E-state index is 0.494. The van der Waals surface area contributed by atoms with E-state index in [1.54, 1.807) is 12.3 Å². The van der Waals surface area contributed by atoms with Gasteiger partial charge in [-0.25, -0.2) is 4.98 Å². The number of benzene rings is 2. The van der Waals surface area contributed by atoms with Crippen molar-refractivity contribution in [2.24, 2.45) is 0 Å². The molecular formula is C17H11NO. The summed E-state index contributed by atoms with van der Waals surface area (Å²) in [7, 11) is 0. The molecule has 0 N–H and O–H groups in total. The largest absolute Gasteiger partial charge is 0.437 e. The molecule has 0 saturated heterocycles. The lowest BCUT2D eigenvalue weighted by molar-refractivity contribution is 0.655. The van der Waals surface area contributed by atoms with Crippen molar-refractivity contribution in [1.82, 2.24) is 4.98 Å². The van der Waals surface area contributed by atoms with Crippen LogP contribution in [0.3, 0.4) is 0 Å². The van der Waals surface area contributed by atoms with Gasteiger partial charge in [-0.2, -0.15) is 0 Å². The molecule has 0 fully saturated rings. The number of rotatable bonds is 1. The van der Waals surface area contributed by atoms with E-state index in [1.807, 2.05) is 48.5 Å². The van der Waals surface area contributed by atoms with Gasteiger partial charge in [0.2, 0.25) is 5.71 Å². The van der Waals surface area contributed by atoms with E-state index in [0.29, 0.717) is 11.8 Å². The van der Waals surface area contributed by atoms with Gasteiger partial charge in [-0.05, 0) is 17.7 Å². The van der Waals surface area contributed by atoms with Crippen molar-refractivity contribution in [3.05, 3.63) is 66.8 Å². The Bertz CT molecular complexity index is 926. The highest BCUT2D eigenvalue weighted by Crippen LogP contribution is 2.34. The van der Waals surface area contributed by atoms with Crippen LogP contribution in [0.25, 0.3) is 33.2 Å². The standard InChI is InChI=1S/C17H11NO/c1-2-6-12(7-3-1)13-8-4-9-14-15-10-5-11-18-17(15)19-16(13)14/h1-11H/i2D. The molecule has 0 amide bonds. The summed E-state index contributed by atoms with van der Waals surface area (Å²) in [5.41, 5.74) is 3.46. The van der Waals surface area contributed by atoms with E-state index in [2.05, 4.69) is 4.98 Å². The minimum Gasteiger partial charge on any atom is -0.437 e. The topological polar surface area (TPSA) is 26.0 Å². The first-order valence-electron chi connectivity index (χ1n) is 6.66. The number of pyridine rings is 1. The molecule has 0 aliphatic carbocycles. The van der Waals surface area contributed by atoms with Gasteiger partial charge in [0.25, 0.3) is 0 Å². The van der Waals surface area contributed by atoms with Gasteiger partial charge in [0.05, 0.1) is 1.37 Å². The normalized spacial score (nSPS) is 11.9. The van der Waals surface area contributed by atoms with E-state index in [9.17, 15) is 0 Å². The number of nitrogens with zero attached hydrogens (tertiary/aromatic N) is 1. The maximum Gasteiger partial charge on any atom is 0.227 e. The molecule has 4 rings (SSSR count). The van der Waals surface area contributed by atoms with Crippen molar-refractivity contribution in [3.8, 4) is 11.1 Å². The zero-order valence-electron chi connectivity index (χ0n) is 11.1. The molecule has 4 aromatic rings. The van der Waals surface area contributed by atoms with Crippen LogP contribution in [-0.2, 0) is 0 Å². The zero-order valence-corrected chi connectivity index (χ0v) is 10.1. The van der Waals surface area contributed by atoms with Crippen molar-refractivity contribution >= 4 is 22.1 Å². The molecule has 0 bridgehead atoms. The van der Waals surface area contributed by atoms with Crippen LogP contribution >= 0.6 is 0 Å². The fourth-order valence-electron chi connectivity index (χ4n) is 2.42. The first kappa shape index (κ1) is 9.34. The van der Waals surface area contributed by atoms with Crippen LogP contribution in [0.4, 0.5) is 0 Å². The fourth-order valence-corrected chi connectivity index (χ4v) is 2.42. The zero-order chi connectivity index (χ0) is 13.5. The molecule has 0 aliphatic heterocycles. The van der Waals surface area contributed by atoms with Crippen molar-refractivity contribution in [2.45, 2.75) is 0 Å². The highest BCUT2D eigenvalue weighted by molar-refractivity contribution is 6.08. The fraction of sp³-hybridized carbons (Fsp3) is 0. The Kier molecular flexibility index (Phi) is 1.94. The van der Waals surface area contributed by atoms with Gasteiger partial charge in [-0.3, -0.25) is 0 Å². The summed E-state index contributed by atoms with van der Waals surface area (Å²) < 4.78 is 13.7. The molecular weight excluding hydrogens is 234 g/mol. The van der Waals surface area contributed by atoms with E-state index in [4.69, 9.17) is 5.79 Å². The molecule has 0 aliphatic rings. The summed E-state index contributed by atoms with van der Waals surface area (Å²) in [6.07, 6.45) is 1.73. The van der Waals surface area contributed by atoms with Gasteiger partial charge in [-0.15, -0.1) is 0 Å². The van der Waals surface area contributed by atoms with E-state index < -0.39 is 0 Å². The SMILES string of the molecule is [2H]c1cccc(-c2cccc3c2oc2ncccc23)c1. The van der Waals surface area contributed by atoms with Crippen molar-refractivity contribution in [3.63, 3.8) is 0 Å². The second kappa shape index (κ2) is 3.95. The Morgan fingerprint density at radius 2 is 1.84 bits per heavy atom. The third kappa shape index (κ3) is 1.54. The number of fused-ring (bicyclic) bond motifs is 3. The van der Waals surface area contributed by atoms with Crippen LogP contribution < -0.4 is 0 Å². The summed E-state index contributed by atoms with van der Waals surface area (Å²) in [4.78, 5) is 4.27. The summed E-state index contributed by atoms with van der Waals surface area (Å²) in [6, 6.07) is 18.0. The summed E-state index contributed by atoms with van der Waals surface area (Å²) in [5, 5.41) is 2.08. The van der Waals surface area contributed by atoms with E-state index in [1.165, 1.54) is 0 Å². The number of aromatic nitrogens is 1. The molecule has 2 aromatic heterocycles. The highest BCUT2D eigenvalue weighted by atomic mass is 16.3. The second-order valence-electron chi connectivity index (χ2n) is 4.43. The third-order valence-corrected chi connectivity index (χ3v) is 3.29. The average molecular weight is 246 g/mol. The summed E-state index contributed by atoms with van der Waals surface area (Å²) >= 11 is 0. The Labute approximate surface area is 111 Å². The lowest BCUT2D eigenvalue weighted by Gasteiger charge is -2.01. The molecule has 19 heavy (non-hydrogen) atoms. The maximum absolute atomic E-state index is 7.76. The quantitative estimate of drug-likeness (QED) is 0.488. The van der Waals surface area contributed by atoms with Gasteiger partial charge in [0.1, 0.15) is 5.58 Å². The molecule has 90 valence electrons. The lowest BCUT2D eigenvalue weighted by Crippen LogP contribution is -1.77. The van der Waals surface area contributed by atoms with Crippen molar-refractivity contribution < 1.29 is 5.79 Å². The van der Waals surface area contributed by atoms with Gasteiger partial charge in [0.15, 0.2) is 0 Å². The summed E-state index contributed by atoms with van der Waals surface area (Å²) in [5.74, 6) is 0. The van der Waals surface area contributed by atoms with Crippen LogP contribution in [0, 0.1) is 0 Å². The molecule has 0 atom stereocenters. The molecule has 2 nitrogen and oxygen atoms in total. The Balaban J connectivity index is 2.10. The lowest BCUT2D eigenvalue weighted by atomic mass is 10.0. The van der Waals surface area contributed by atoms with Crippen LogP contribution in [0.5, 0.6) is 0 Å². The van der Waals surface area contributed by atoms with E-state index in [-0.39, 0.29) is 0 Å². The van der Waals surface area contributed by atoms with Gasteiger partial charge in [-0.1, -0.05) is 48.5 Å². The molecule has 0 unspecified atom stereocenters. The van der Waals surface area contributed by atoms with E-state index >= 15 is 0 Å². The molecule has 0 spiro atoms. The number of para-hydroxylation sites is 1. The maximum atomic E-state index is 7.76. The first-order valence-corrected chi connectivity index (χ1v) is 6.16. The highest BCUT2D eigenvalue weighted by Gasteiger charge is 2.11. The number of hydrogen-bond donors (Lipinski definition) is 0. The molecule has 0 radical (unpaired) electrons. The van der Waals surface area contributed by atoms with Crippen molar-refractivity contribution in [2.75, 3.05) is 0 Å². The Morgan fingerprint density at radius 1 is 0.895 bits per heavy atom. The van der Waals surface area contributed by atoms with Crippen LogP contribution in [-0.4, -0.2) is 4.98 Å². The first-order chi connectivity index (χ1) is 9.83. The molecule has 2 heterocycles. The number of furan rings is 1. The van der Waals surface area contributed by atoms with Gasteiger partial charge >= 0.3 is 0 Å². The second-order valence-corrected chi connectivity index (χ2v) is 4.43. The van der Waals surface area contributed by atoms with Gasteiger partial charge < -0.3 is 4.42 Å². The summed E-state index contributed by atoms with van der Waals surface area (Å²) in [6.45, 7) is 0. The van der Waals surface area contributed by atoms with Crippen molar-refractivity contribution in [1.29, 1.82) is 0 Å². The van der Waals surface area contributed by atoms with Crippen LogP contribution in [0.1, 0.15) is 1.37 Å². The average Bonchev–Trinajstić information content (AvgIpc) is 2.86.